The van der Waals surface area contributed by atoms with E-state index >= 15 is 0 Å². The standard InChI is InChI=1S/C26H28N2O3/c29-24-8-2-6-18-4-1-5-19(14-18)7-3-13-27-26(31)28-25(30)22-12-11-21-10-9-20(16-24)15-23(21)17-22/h1,4-5,9-12,14-15,17,24,29H,2-3,6-8,13,16H2,(H2,27,28,30,31). The maximum atomic E-state index is 12.5. The minimum absolute atomic E-state index is 0.401. The molecule has 3 aromatic rings. The molecular formula is C26H28N2O3. The minimum Gasteiger partial charge on any atom is -0.393 e. The summed E-state index contributed by atoms with van der Waals surface area (Å²) in [6.07, 6.45) is 4.44. The molecule has 1 aliphatic heterocycles. The van der Waals surface area contributed by atoms with E-state index in [4.69, 9.17) is 0 Å². The second-order valence-electron chi connectivity index (χ2n) is 8.28. The molecule has 0 aliphatic carbocycles. The molecule has 5 heteroatoms. The molecule has 160 valence electrons. The van der Waals surface area contributed by atoms with Gasteiger partial charge in [-0.05, 0) is 78.1 Å². The van der Waals surface area contributed by atoms with Gasteiger partial charge in [-0.25, -0.2) is 4.79 Å². The number of fused-ring (bicyclic) bond motifs is 4. The second-order valence-corrected chi connectivity index (χ2v) is 8.28. The van der Waals surface area contributed by atoms with Crippen LogP contribution in [0.5, 0.6) is 0 Å². The van der Waals surface area contributed by atoms with Gasteiger partial charge >= 0.3 is 6.03 Å². The fourth-order valence-electron chi connectivity index (χ4n) is 4.13. The summed E-state index contributed by atoms with van der Waals surface area (Å²) in [5.41, 5.74) is 3.97. The van der Waals surface area contributed by atoms with Gasteiger partial charge in [-0.2, -0.15) is 0 Å². The molecule has 0 saturated heterocycles. The van der Waals surface area contributed by atoms with Crippen LogP contribution in [0.2, 0.25) is 0 Å². The smallest absolute Gasteiger partial charge is 0.321 e. The number of nitrogens with one attached hydrogen (secondary N) is 2. The molecule has 3 N–H and O–H groups in total. The first kappa shape index (κ1) is 21.1. The molecule has 1 heterocycles. The summed E-state index contributed by atoms with van der Waals surface area (Å²) in [4.78, 5) is 24.6. The summed E-state index contributed by atoms with van der Waals surface area (Å²) in [7, 11) is 0. The third kappa shape index (κ3) is 5.70. The lowest BCUT2D eigenvalue weighted by Crippen LogP contribution is -2.39. The van der Waals surface area contributed by atoms with E-state index < -0.39 is 18.0 Å². The molecule has 3 aromatic carbocycles. The van der Waals surface area contributed by atoms with E-state index in [1.165, 1.54) is 11.1 Å². The number of imide groups is 1. The maximum absolute atomic E-state index is 12.5. The van der Waals surface area contributed by atoms with Crippen LogP contribution >= 0.6 is 0 Å². The largest absolute Gasteiger partial charge is 0.393 e. The number of amides is 3. The number of aliphatic hydroxyl groups is 1. The molecule has 5 nitrogen and oxygen atoms in total. The third-order valence-corrected chi connectivity index (χ3v) is 5.79. The lowest BCUT2D eigenvalue weighted by Gasteiger charge is -2.13. The molecule has 0 saturated carbocycles. The minimum atomic E-state index is -0.481. The zero-order valence-electron chi connectivity index (χ0n) is 17.6. The van der Waals surface area contributed by atoms with E-state index in [0.29, 0.717) is 18.5 Å². The number of rotatable bonds is 0. The highest BCUT2D eigenvalue weighted by molar-refractivity contribution is 6.06. The molecule has 3 amide bonds. The summed E-state index contributed by atoms with van der Waals surface area (Å²) in [6, 6.07) is 19.4. The molecule has 31 heavy (non-hydrogen) atoms. The van der Waals surface area contributed by atoms with Crippen LogP contribution in [-0.4, -0.2) is 29.7 Å². The van der Waals surface area contributed by atoms with Gasteiger partial charge in [-0.15, -0.1) is 0 Å². The first-order valence-corrected chi connectivity index (χ1v) is 10.9. The summed E-state index contributed by atoms with van der Waals surface area (Å²) < 4.78 is 0. The highest BCUT2D eigenvalue weighted by atomic mass is 16.3. The van der Waals surface area contributed by atoms with Crippen molar-refractivity contribution >= 4 is 22.7 Å². The Kier molecular flexibility index (Phi) is 6.63. The SMILES string of the molecule is O=C1NCCCc2cccc(c2)CCCC(O)Cc2ccc3ccc(cc3c2)C(=O)N1. The fourth-order valence-corrected chi connectivity index (χ4v) is 4.13. The molecule has 0 radical (unpaired) electrons. The van der Waals surface area contributed by atoms with E-state index in [1.807, 2.05) is 24.3 Å². The zero-order chi connectivity index (χ0) is 21.6. The number of urea groups is 1. The predicted octanol–water partition coefficient (Wildman–Crippen LogP) is 4.15. The number of hydrogen-bond acceptors (Lipinski definition) is 3. The van der Waals surface area contributed by atoms with Crippen molar-refractivity contribution < 1.29 is 14.7 Å². The van der Waals surface area contributed by atoms with Crippen molar-refractivity contribution in [1.29, 1.82) is 0 Å². The number of carbonyl (C=O) groups is 2. The highest BCUT2D eigenvalue weighted by Gasteiger charge is 2.12. The molecule has 1 aliphatic rings. The second kappa shape index (κ2) is 9.75. The Bertz CT molecular complexity index is 1090. The fraction of sp³-hybridized carbons (Fsp3) is 0.308. The van der Waals surface area contributed by atoms with Crippen molar-refractivity contribution in [2.45, 2.75) is 44.6 Å². The Morgan fingerprint density at radius 3 is 2.42 bits per heavy atom. The number of aliphatic hydroxyl groups excluding tert-OH is 1. The molecule has 4 rings (SSSR count). The lowest BCUT2D eigenvalue weighted by molar-refractivity contribution is 0.0964. The Morgan fingerprint density at radius 1 is 0.806 bits per heavy atom. The Hall–Kier alpha value is -3.18. The number of aryl methyl sites for hydroxylation is 2. The Labute approximate surface area is 182 Å². The van der Waals surface area contributed by atoms with Gasteiger partial charge in [-0.1, -0.05) is 48.5 Å². The van der Waals surface area contributed by atoms with Crippen LogP contribution in [0, 0.1) is 0 Å². The number of benzene rings is 3. The van der Waals surface area contributed by atoms with Gasteiger partial charge in [0.1, 0.15) is 0 Å². The van der Waals surface area contributed by atoms with Crippen molar-refractivity contribution in [1.82, 2.24) is 10.6 Å². The van der Waals surface area contributed by atoms with E-state index in [9.17, 15) is 14.7 Å². The van der Waals surface area contributed by atoms with Crippen LogP contribution in [0.25, 0.3) is 10.8 Å². The Balaban J connectivity index is 1.56. The Morgan fingerprint density at radius 2 is 1.58 bits per heavy atom. The normalized spacial score (nSPS) is 18.5. The van der Waals surface area contributed by atoms with Crippen LogP contribution in [0.3, 0.4) is 0 Å². The predicted molar refractivity (Wildman–Crippen MR) is 122 cm³/mol. The first-order valence-electron chi connectivity index (χ1n) is 10.9. The van der Waals surface area contributed by atoms with Crippen LogP contribution in [0.1, 0.15) is 46.3 Å². The molecule has 5 bridgehead atoms. The molecular weight excluding hydrogens is 388 g/mol. The van der Waals surface area contributed by atoms with Crippen molar-refractivity contribution in [3.05, 3.63) is 82.9 Å². The van der Waals surface area contributed by atoms with Gasteiger partial charge in [0, 0.05) is 12.1 Å². The van der Waals surface area contributed by atoms with Crippen LogP contribution < -0.4 is 10.6 Å². The number of carbonyl (C=O) groups excluding carboxylic acids is 2. The van der Waals surface area contributed by atoms with Crippen molar-refractivity contribution in [3.63, 3.8) is 0 Å². The number of hydrogen-bond donors (Lipinski definition) is 3. The van der Waals surface area contributed by atoms with Gasteiger partial charge in [0.05, 0.1) is 6.10 Å². The van der Waals surface area contributed by atoms with Crippen LogP contribution in [0.4, 0.5) is 4.79 Å². The van der Waals surface area contributed by atoms with Gasteiger partial charge in [0.15, 0.2) is 0 Å². The van der Waals surface area contributed by atoms with Crippen molar-refractivity contribution in [2.75, 3.05) is 6.54 Å². The van der Waals surface area contributed by atoms with Crippen LogP contribution in [0.15, 0.2) is 60.7 Å². The summed E-state index contributed by atoms with van der Waals surface area (Å²) >= 11 is 0. The average Bonchev–Trinajstić information content (AvgIpc) is 2.76. The molecule has 0 fully saturated rings. The van der Waals surface area contributed by atoms with Crippen molar-refractivity contribution in [3.8, 4) is 0 Å². The van der Waals surface area contributed by atoms with Gasteiger partial charge in [-0.3, -0.25) is 10.1 Å². The maximum Gasteiger partial charge on any atom is 0.321 e. The topological polar surface area (TPSA) is 78.4 Å². The lowest BCUT2D eigenvalue weighted by atomic mass is 9.97. The van der Waals surface area contributed by atoms with E-state index in [0.717, 1.165) is 48.4 Å². The molecule has 1 atom stereocenters. The monoisotopic (exact) mass is 416 g/mol. The first-order chi connectivity index (χ1) is 15.1. The van der Waals surface area contributed by atoms with Gasteiger partial charge in [0.25, 0.3) is 5.91 Å². The van der Waals surface area contributed by atoms with E-state index in [-0.39, 0.29) is 0 Å². The van der Waals surface area contributed by atoms with Crippen LogP contribution in [-0.2, 0) is 19.3 Å². The van der Waals surface area contributed by atoms with Gasteiger partial charge in [0.2, 0.25) is 0 Å². The molecule has 1 unspecified atom stereocenters. The van der Waals surface area contributed by atoms with E-state index in [1.54, 1.807) is 12.1 Å². The van der Waals surface area contributed by atoms with E-state index in [2.05, 4.69) is 34.9 Å². The highest BCUT2D eigenvalue weighted by Crippen LogP contribution is 2.20. The third-order valence-electron chi connectivity index (χ3n) is 5.79. The summed E-state index contributed by atoms with van der Waals surface area (Å²) in [5.74, 6) is -0.424. The molecule has 0 spiro atoms. The average molecular weight is 417 g/mol. The summed E-state index contributed by atoms with van der Waals surface area (Å²) in [5, 5.41) is 17.6. The summed E-state index contributed by atoms with van der Waals surface area (Å²) in [6.45, 7) is 0.497. The van der Waals surface area contributed by atoms with Crippen molar-refractivity contribution in [2.24, 2.45) is 0 Å². The van der Waals surface area contributed by atoms with Gasteiger partial charge < -0.3 is 10.4 Å². The quantitative estimate of drug-likeness (QED) is 0.515. The molecule has 0 aromatic heterocycles. The zero-order valence-corrected chi connectivity index (χ0v) is 17.6.